The predicted molar refractivity (Wildman–Crippen MR) is 63.6 cm³/mol. The maximum absolute atomic E-state index is 5.38. The highest BCUT2D eigenvalue weighted by Crippen LogP contribution is 2.15. The highest BCUT2D eigenvalue weighted by Gasteiger charge is 2.08. The minimum Gasteiger partial charge on any atom is -0.366 e. The molecule has 0 saturated heterocycles. The minimum atomic E-state index is 0.821. The van der Waals surface area contributed by atoms with Gasteiger partial charge in [-0.25, -0.2) is 5.10 Å². The van der Waals surface area contributed by atoms with Crippen LogP contribution in [0.1, 0.15) is 26.2 Å². The Morgan fingerprint density at radius 1 is 1.27 bits per heavy atom. The number of halogens is 1. The quantitative estimate of drug-likeness (QED) is 0.550. The van der Waals surface area contributed by atoms with Gasteiger partial charge in [-0.3, -0.25) is 0 Å². The van der Waals surface area contributed by atoms with Crippen molar-refractivity contribution in [3.63, 3.8) is 0 Å². The van der Waals surface area contributed by atoms with Gasteiger partial charge >= 0.3 is 0 Å². The van der Waals surface area contributed by atoms with Crippen molar-refractivity contribution in [2.45, 2.75) is 26.2 Å². The number of aromatic amines is 1. The molecule has 0 atom stereocenters. The Balaban J connectivity index is 0.000000167. The van der Waals surface area contributed by atoms with Crippen LogP contribution in [0.4, 0.5) is 11.6 Å². The Hall–Kier alpha value is -0.970. The van der Waals surface area contributed by atoms with Gasteiger partial charge in [0.15, 0.2) is 11.6 Å². The summed E-state index contributed by atoms with van der Waals surface area (Å²) in [5.74, 6) is 2.54. The summed E-state index contributed by atoms with van der Waals surface area (Å²) < 4.78 is 0. The van der Waals surface area contributed by atoms with Gasteiger partial charge in [0.2, 0.25) is 0 Å². The van der Waals surface area contributed by atoms with E-state index in [1.807, 2.05) is 0 Å². The van der Waals surface area contributed by atoms with Gasteiger partial charge in [-0.1, -0.05) is 25.0 Å². The van der Waals surface area contributed by atoms with Crippen molar-refractivity contribution in [3.8, 4) is 0 Å². The van der Waals surface area contributed by atoms with E-state index in [0.717, 1.165) is 30.6 Å². The fraction of sp³-hybridized carbons (Fsp3) is 0.778. The third-order valence-electron chi connectivity index (χ3n) is 2.01. The van der Waals surface area contributed by atoms with E-state index in [2.05, 4.69) is 33.0 Å². The molecule has 2 rings (SSSR count). The first-order valence-electron chi connectivity index (χ1n) is 5.33. The largest absolute Gasteiger partial charge is 0.366 e. The molecule has 1 aliphatic heterocycles. The van der Waals surface area contributed by atoms with E-state index in [0.29, 0.717) is 0 Å². The minimum absolute atomic E-state index is 0.821. The standard InChI is InChI=1S/C5H11Cl.C4H7N5/c1-2-3-4-5-6;1-2-6-4-3(5-1)7-9-8-4/h2-5H2,1H3;1-2H2,(H3,5,6,7,8,9). The van der Waals surface area contributed by atoms with E-state index in [-0.39, 0.29) is 0 Å². The van der Waals surface area contributed by atoms with Crippen molar-refractivity contribution in [2.24, 2.45) is 0 Å². The second kappa shape index (κ2) is 7.34. The molecule has 0 aromatic carbocycles. The summed E-state index contributed by atoms with van der Waals surface area (Å²) in [7, 11) is 0. The molecule has 0 bridgehead atoms. The lowest BCUT2D eigenvalue weighted by Gasteiger charge is -2.11. The van der Waals surface area contributed by atoms with E-state index in [1.54, 1.807) is 0 Å². The maximum Gasteiger partial charge on any atom is 0.192 e. The fourth-order valence-corrected chi connectivity index (χ4v) is 1.38. The van der Waals surface area contributed by atoms with E-state index < -0.39 is 0 Å². The SMILES string of the molecule is C1CNc2[nH]nnc2N1.CCCCCCl. The number of nitrogens with one attached hydrogen (secondary N) is 3. The molecular weight excluding hydrogens is 214 g/mol. The van der Waals surface area contributed by atoms with Gasteiger partial charge in [-0.15, -0.1) is 16.7 Å². The number of alkyl halides is 1. The van der Waals surface area contributed by atoms with Gasteiger partial charge in [0.05, 0.1) is 0 Å². The van der Waals surface area contributed by atoms with Crippen LogP contribution in [0, 0.1) is 0 Å². The lowest BCUT2D eigenvalue weighted by molar-refractivity contribution is 0.776. The van der Waals surface area contributed by atoms with Crippen molar-refractivity contribution in [1.29, 1.82) is 0 Å². The first-order chi connectivity index (χ1) is 7.38. The smallest absolute Gasteiger partial charge is 0.192 e. The molecule has 2 heterocycles. The summed E-state index contributed by atoms with van der Waals surface area (Å²) in [5, 5.41) is 16.3. The van der Waals surface area contributed by atoms with E-state index in [9.17, 15) is 0 Å². The molecule has 86 valence electrons. The van der Waals surface area contributed by atoms with Crippen LogP contribution < -0.4 is 10.6 Å². The van der Waals surface area contributed by atoms with Crippen LogP contribution in [-0.2, 0) is 0 Å². The number of hydrogen-bond acceptors (Lipinski definition) is 4. The zero-order valence-corrected chi connectivity index (χ0v) is 9.77. The van der Waals surface area contributed by atoms with E-state index in [4.69, 9.17) is 11.6 Å². The maximum atomic E-state index is 5.38. The van der Waals surface area contributed by atoms with Gasteiger partial charge in [-0.2, -0.15) is 0 Å². The summed E-state index contributed by atoms with van der Waals surface area (Å²) in [6.07, 6.45) is 3.73. The molecule has 1 aromatic rings. The van der Waals surface area contributed by atoms with Crippen LogP contribution in [-0.4, -0.2) is 34.4 Å². The van der Waals surface area contributed by atoms with Crippen LogP contribution in [0.3, 0.4) is 0 Å². The summed E-state index contributed by atoms with van der Waals surface area (Å²) in [5.41, 5.74) is 0. The summed E-state index contributed by atoms with van der Waals surface area (Å²) in [6.45, 7) is 4.02. The molecule has 0 radical (unpaired) electrons. The van der Waals surface area contributed by atoms with Crippen molar-refractivity contribution < 1.29 is 0 Å². The van der Waals surface area contributed by atoms with Gasteiger partial charge in [0, 0.05) is 19.0 Å². The van der Waals surface area contributed by atoms with Gasteiger partial charge in [0.1, 0.15) is 0 Å². The van der Waals surface area contributed by atoms with Crippen LogP contribution >= 0.6 is 11.6 Å². The number of hydrogen-bond donors (Lipinski definition) is 3. The second-order valence-electron chi connectivity index (χ2n) is 3.29. The number of nitrogens with zero attached hydrogens (tertiary/aromatic N) is 2. The number of aromatic nitrogens is 3. The number of H-pyrrole nitrogens is 1. The zero-order valence-electron chi connectivity index (χ0n) is 9.02. The molecule has 6 heteroatoms. The lowest BCUT2D eigenvalue weighted by Crippen LogP contribution is -2.20. The Kier molecular flexibility index (Phi) is 5.92. The summed E-state index contributed by atoms with van der Waals surface area (Å²) in [6, 6.07) is 0. The topological polar surface area (TPSA) is 65.6 Å². The second-order valence-corrected chi connectivity index (χ2v) is 3.66. The molecule has 0 fully saturated rings. The average Bonchev–Trinajstić information content (AvgIpc) is 2.75. The molecule has 0 aliphatic carbocycles. The Labute approximate surface area is 95.0 Å². The highest BCUT2D eigenvalue weighted by molar-refractivity contribution is 6.17. The molecule has 15 heavy (non-hydrogen) atoms. The molecule has 3 N–H and O–H groups in total. The molecular formula is C9H18ClN5. The molecule has 5 nitrogen and oxygen atoms in total. The monoisotopic (exact) mass is 231 g/mol. The Morgan fingerprint density at radius 2 is 2.07 bits per heavy atom. The predicted octanol–water partition coefficient (Wildman–Crippen LogP) is 2.06. The number of rotatable bonds is 3. The molecule has 0 saturated carbocycles. The zero-order chi connectivity index (χ0) is 10.9. The molecule has 1 aliphatic rings. The Bertz CT molecular complexity index is 238. The number of fused-ring (bicyclic) bond motifs is 1. The summed E-state index contributed by atoms with van der Waals surface area (Å²) >= 11 is 5.38. The van der Waals surface area contributed by atoms with Crippen molar-refractivity contribution in [1.82, 2.24) is 15.4 Å². The van der Waals surface area contributed by atoms with Gasteiger partial charge in [-0.05, 0) is 6.42 Å². The highest BCUT2D eigenvalue weighted by atomic mass is 35.5. The van der Waals surface area contributed by atoms with E-state index >= 15 is 0 Å². The Morgan fingerprint density at radius 3 is 2.67 bits per heavy atom. The molecule has 0 amide bonds. The van der Waals surface area contributed by atoms with Crippen molar-refractivity contribution in [2.75, 3.05) is 29.6 Å². The third-order valence-corrected chi connectivity index (χ3v) is 2.27. The third kappa shape index (κ3) is 4.38. The molecule has 1 aromatic heterocycles. The average molecular weight is 232 g/mol. The lowest BCUT2D eigenvalue weighted by atomic mass is 10.3. The van der Waals surface area contributed by atoms with E-state index in [1.165, 1.54) is 19.3 Å². The van der Waals surface area contributed by atoms with Crippen molar-refractivity contribution in [3.05, 3.63) is 0 Å². The first-order valence-corrected chi connectivity index (χ1v) is 5.86. The number of unbranched alkanes of at least 4 members (excludes halogenated alkanes) is 2. The van der Waals surface area contributed by atoms with Gasteiger partial charge in [0.25, 0.3) is 0 Å². The first kappa shape index (κ1) is 12.1. The number of anilines is 2. The van der Waals surface area contributed by atoms with Crippen LogP contribution in [0.5, 0.6) is 0 Å². The van der Waals surface area contributed by atoms with Gasteiger partial charge < -0.3 is 10.6 Å². The van der Waals surface area contributed by atoms with Crippen LogP contribution in [0.2, 0.25) is 0 Å². The van der Waals surface area contributed by atoms with Crippen molar-refractivity contribution >= 4 is 23.2 Å². The molecule has 0 unspecified atom stereocenters. The fourth-order valence-electron chi connectivity index (χ4n) is 1.19. The van der Waals surface area contributed by atoms with Crippen LogP contribution in [0.15, 0.2) is 0 Å². The van der Waals surface area contributed by atoms with Crippen LogP contribution in [0.25, 0.3) is 0 Å². The normalized spacial score (nSPS) is 12.9. The molecule has 0 spiro atoms. The summed E-state index contributed by atoms with van der Waals surface area (Å²) in [4.78, 5) is 0.